The third kappa shape index (κ3) is 3.23. The monoisotopic (exact) mass is 300 g/mol. The van der Waals surface area contributed by atoms with Crippen molar-refractivity contribution in [3.63, 3.8) is 0 Å². The number of benzene rings is 1. The quantitative estimate of drug-likeness (QED) is 0.700. The first-order chi connectivity index (χ1) is 9.36. The lowest BCUT2D eigenvalue weighted by Gasteiger charge is -2.22. The molecule has 1 aromatic rings. The van der Waals surface area contributed by atoms with Crippen molar-refractivity contribution in [2.24, 2.45) is 0 Å². The predicted octanol–water partition coefficient (Wildman–Crippen LogP) is 0.861. The predicted molar refractivity (Wildman–Crippen MR) is 76.0 cm³/mol. The molecular weight excluding hydrogens is 280 g/mol. The molecule has 0 aliphatic heterocycles. The standard InChI is InChI=1S/C13H20N2O4S/c1-19-11-5-4-10(14)8-12(11)20(17,18)15-9-13(16)6-2-3-7-13/h4-5,8,15-16H,2-3,6-7,9,14H2,1H3. The number of rotatable bonds is 5. The van der Waals surface area contributed by atoms with Crippen LogP contribution in [0.5, 0.6) is 5.75 Å². The van der Waals surface area contributed by atoms with E-state index in [-0.39, 0.29) is 17.2 Å². The highest BCUT2D eigenvalue weighted by Crippen LogP contribution is 2.30. The van der Waals surface area contributed by atoms with E-state index in [1.165, 1.54) is 19.2 Å². The number of nitrogens with one attached hydrogen (secondary N) is 1. The van der Waals surface area contributed by atoms with Crippen molar-refractivity contribution in [1.29, 1.82) is 0 Å². The first-order valence-electron chi connectivity index (χ1n) is 6.52. The van der Waals surface area contributed by atoms with Crippen LogP contribution in [0.1, 0.15) is 25.7 Å². The molecule has 0 radical (unpaired) electrons. The second kappa shape index (κ2) is 5.59. The maximum atomic E-state index is 12.3. The van der Waals surface area contributed by atoms with Gasteiger partial charge in [-0.3, -0.25) is 0 Å². The van der Waals surface area contributed by atoms with Gasteiger partial charge in [-0.1, -0.05) is 12.8 Å². The molecule has 0 spiro atoms. The van der Waals surface area contributed by atoms with Gasteiger partial charge in [0.15, 0.2) is 0 Å². The van der Waals surface area contributed by atoms with Gasteiger partial charge in [0.25, 0.3) is 0 Å². The summed E-state index contributed by atoms with van der Waals surface area (Å²) in [5.41, 5.74) is 5.02. The summed E-state index contributed by atoms with van der Waals surface area (Å²) in [6.45, 7) is 0.00723. The van der Waals surface area contributed by atoms with Crippen molar-refractivity contribution < 1.29 is 18.3 Å². The van der Waals surface area contributed by atoms with E-state index in [0.717, 1.165) is 12.8 Å². The van der Waals surface area contributed by atoms with Gasteiger partial charge in [-0.05, 0) is 31.0 Å². The molecular formula is C13H20N2O4S. The molecule has 6 nitrogen and oxygen atoms in total. The van der Waals surface area contributed by atoms with Gasteiger partial charge in [-0.25, -0.2) is 13.1 Å². The Hall–Kier alpha value is -1.31. The van der Waals surface area contributed by atoms with E-state index in [1.807, 2.05) is 0 Å². The van der Waals surface area contributed by atoms with E-state index in [9.17, 15) is 13.5 Å². The van der Waals surface area contributed by atoms with E-state index in [1.54, 1.807) is 6.07 Å². The molecule has 0 unspecified atom stereocenters. The lowest BCUT2D eigenvalue weighted by Crippen LogP contribution is -2.40. The zero-order chi connectivity index (χ0) is 14.8. The number of hydrogen-bond donors (Lipinski definition) is 3. The third-order valence-corrected chi connectivity index (χ3v) is 5.03. The number of sulfonamides is 1. The van der Waals surface area contributed by atoms with E-state index >= 15 is 0 Å². The SMILES string of the molecule is COc1ccc(N)cc1S(=O)(=O)NCC1(O)CCCC1. The molecule has 2 rings (SSSR count). The van der Waals surface area contributed by atoms with Crippen LogP contribution in [0.15, 0.2) is 23.1 Å². The number of nitrogens with two attached hydrogens (primary N) is 1. The first kappa shape index (κ1) is 15.1. The molecule has 1 aromatic carbocycles. The summed E-state index contributed by atoms with van der Waals surface area (Å²) >= 11 is 0. The second-order valence-electron chi connectivity index (χ2n) is 5.17. The normalized spacial score (nSPS) is 18.1. The fraction of sp³-hybridized carbons (Fsp3) is 0.538. The summed E-state index contributed by atoms with van der Waals surface area (Å²) < 4.78 is 32.1. The molecule has 1 saturated carbocycles. The van der Waals surface area contributed by atoms with Gasteiger partial charge < -0.3 is 15.6 Å². The highest BCUT2D eigenvalue weighted by Gasteiger charge is 2.33. The molecule has 0 aromatic heterocycles. The van der Waals surface area contributed by atoms with Crippen molar-refractivity contribution >= 4 is 15.7 Å². The lowest BCUT2D eigenvalue weighted by atomic mass is 10.0. The molecule has 112 valence electrons. The van der Waals surface area contributed by atoms with Crippen LogP contribution in [0, 0.1) is 0 Å². The maximum Gasteiger partial charge on any atom is 0.244 e. The van der Waals surface area contributed by atoms with Crippen molar-refractivity contribution in [2.45, 2.75) is 36.2 Å². The Labute approximate surface area is 119 Å². The van der Waals surface area contributed by atoms with Crippen molar-refractivity contribution in [3.8, 4) is 5.75 Å². The van der Waals surface area contributed by atoms with E-state index in [0.29, 0.717) is 18.5 Å². The highest BCUT2D eigenvalue weighted by molar-refractivity contribution is 7.89. The fourth-order valence-electron chi connectivity index (χ4n) is 2.42. The molecule has 20 heavy (non-hydrogen) atoms. The third-order valence-electron chi connectivity index (χ3n) is 3.60. The van der Waals surface area contributed by atoms with Gasteiger partial charge in [0.1, 0.15) is 10.6 Å². The van der Waals surface area contributed by atoms with Crippen molar-refractivity contribution in [3.05, 3.63) is 18.2 Å². The van der Waals surface area contributed by atoms with E-state index < -0.39 is 15.6 Å². The number of methoxy groups -OCH3 is 1. The van der Waals surface area contributed by atoms with Gasteiger partial charge in [-0.2, -0.15) is 0 Å². The Balaban J connectivity index is 2.20. The summed E-state index contributed by atoms with van der Waals surface area (Å²) in [4.78, 5) is -0.0124. The van der Waals surface area contributed by atoms with Crippen molar-refractivity contribution in [2.75, 3.05) is 19.4 Å². The van der Waals surface area contributed by atoms with Crippen molar-refractivity contribution in [1.82, 2.24) is 4.72 Å². The number of hydrogen-bond acceptors (Lipinski definition) is 5. The van der Waals surface area contributed by atoms with Gasteiger partial charge in [0, 0.05) is 12.2 Å². The molecule has 0 atom stereocenters. The number of anilines is 1. The summed E-state index contributed by atoms with van der Waals surface area (Å²) in [6, 6.07) is 4.43. The summed E-state index contributed by atoms with van der Waals surface area (Å²) in [5.74, 6) is 0.227. The Morgan fingerprint density at radius 1 is 1.40 bits per heavy atom. The molecule has 0 saturated heterocycles. The Morgan fingerprint density at radius 3 is 2.65 bits per heavy atom. The van der Waals surface area contributed by atoms with Crippen LogP contribution in [0.4, 0.5) is 5.69 Å². The topological polar surface area (TPSA) is 102 Å². The van der Waals surface area contributed by atoms with E-state index in [2.05, 4.69) is 4.72 Å². The van der Waals surface area contributed by atoms with Gasteiger partial charge in [0.05, 0.1) is 12.7 Å². The minimum Gasteiger partial charge on any atom is -0.495 e. The molecule has 1 aliphatic rings. The molecule has 0 amide bonds. The molecule has 4 N–H and O–H groups in total. The highest BCUT2D eigenvalue weighted by atomic mass is 32.2. The average Bonchev–Trinajstić information content (AvgIpc) is 2.84. The number of ether oxygens (including phenoxy) is 1. The molecule has 1 fully saturated rings. The van der Waals surface area contributed by atoms with Crippen LogP contribution in [0.3, 0.4) is 0 Å². The van der Waals surface area contributed by atoms with Crippen LogP contribution in [0.2, 0.25) is 0 Å². The lowest BCUT2D eigenvalue weighted by molar-refractivity contribution is 0.0531. The number of aliphatic hydroxyl groups is 1. The van der Waals surface area contributed by atoms with Gasteiger partial charge in [0.2, 0.25) is 10.0 Å². The van der Waals surface area contributed by atoms with Gasteiger partial charge >= 0.3 is 0 Å². The van der Waals surface area contributed by atoms with Crippen LogP contribution >= 0.6 is 0 Å². The number of nitrogen functional groups attached to an aromatic ring is 1. The van der Waals surface area contributed by atoms with Crippen LogP contribution in [0.25, 0.3) is 0 Å². The Bertz CT molecular complexity index is 580. The molecule has 7 heteroatoms. The second-order valence-corrected chi connectivity index (χ2v) is 6.90. The minimum atomic E-state index is -3.77. The Morgan fingerprint density at radius 2 is 2.05 bits per heavy atom. The largest absolute Gasteiger partial charge is 0.495 e. The summed E-state index contributed by atoms with van der Waals surface area (Å²) in [7, 11) is -2.37. The zero-order valence-corrected chi connectivity index (χ0v) is 12.2. The Kier molecular flexibility index (Phi) is 4.22. The minimum absolute atomic E-state index is 0.00723. The zero-order valence-electron chi connectivity index (χ0n) is 11.4. The molecule has 0 heterocycles. The molecule has 1 aliphatic carbocycles. The van der Waals surface area contributed by atoms with Gasteiger partial charge in [-0.15, -0.1) is 0 Å². The van der Waals surface area contributed by atoms with Crippen LogP contribution in [-0.2, 0) is 10.0 Å². The maximum absolute atomic E-state index is 12.3. The first-order valence-corrected chi connectivity index (χ1v) is 8.00. The van der Waals surface area contributed by atoms with Crippen LogP contribution < -0.4 is 15.2 Å². The summed E-state index contributed by atoms with van der Waals surface area (Å²) in [6.07, 6.45) is 3.06. The van der Waals surface area contributed by atoms with Crippen LogP contribution in [-0.4, -0.2) is 32.8 Å². The smallest absolute Gasteiger partial charge is 0.244 e. The average molecular weight is 300 g/mol. The van der Waals surface area contributed by atoms with E-state index in [4.69, 9.17) is 10.5 Å². The summed E-state index contributed by atoms with van der Waals surface area (Å²) in [5, 5.41) is 10.2. The fourth-order valence-corrected chi connectivity index (χ4v) is 3.74. The molecule has 0 bridgehead atoms.